The summed E-state index contributed by atoms with van der Waals surface area (Å²) in [5.41, 5.74) is 0.960. The van der Waals surface area contributed by atoms with Crippen LogP contribution in [0.25, 0.3) is 11.4 Å². The molecular weight excluding hydrogens is 372 g/mol. The topological polar surface area (TPSA) is 85.2 Å². The van der Waals surface area contributed by atoms with Crippen LogP contribution in [-0.4, -0.2) is 63.8 Å². The molecule has 1 aliphatic heterocycles. The van der Waals surface area contributed by atoms with Gasteiger partial charge in [0.1, 0.15) is 0 Å². The van der Waals surface area contributed by atoms with E-state index in [0.29, 0.717) is 11.6 Å². The highest BCUT2D eigenvalue weighted by atomic mass is 32.2. The van der Waals surface area contributed by atoms with Crippen LogP contribution < -0.4 is 0 Å². The van der Waals surface area contributed by atoms with Gasteiger partial charge in [0.2, 0.25) is 5.91 Å². The number of hydrogen-bond donors (Lipinski definition) is 0. The monoisotopic (exact) mass is 394 g/mol. The molecule has 140 valence electrons. The summed E-state index contributed by atoms with van der Waals surface area (Å²) in [5.74, 6) is 0.847. The van der Waals surface area contributed by atoms with Crippen LogP contribution in [0.2, 0.25) is 0 Å². The summed E-state index contributed by atoms with van der Waals surface area (Å²) in [6.45, 7) is 1.81. The van der Waals surface area contributed by atoms with Crippen molar-refractivity contribution >= 4 is 27.5 Å². The van der Waals surface area contributed by atoms with Crippen molar-refractivity contribution in [3.05, 3.63) is 30.3 Å². The van der Waals surface area contributed by atoms with Crippen molar-refractivity contribution in [2.45, 2.75) is 29.8 Å². The minimum atomic E-state index is -3.02. The quantitative estimate of drug-likeness (QED) is 0.716. The smallest absolute Gasteiger partial charge is 0.235 e. The second kappa shape index (κ2) is 7.40. The first-order valence-corrected chi connectivity index (χ1v) is 11.1. The van der Waals surface area contributed by atoms with Crippen molar-refractivity contribution in [2.24, 2.45) is 7.05 Å². The molecule has 1 aromatic heterocycles. The standard InChI is InChI=1S/C17H22N4O3S2/c1-12(16(22)20(2)14-9-10-26(23,24)11-14)25-17-19-18-15(21(17)3)13-7-5-4-6-8-13/h4-8,12,14H,9-11H2,1-3H3/t12-,14+/m1/s1. The number of benzene rings is 1. The van der Waals surface area contributed by atoms with Crippen LogP contribution >= 0.6 is 11.8 Å². The Hall–Kier alpha value is -1.87. The summed E-state index contributed by atoms with van der Waals surface area (Å²) in [5, 5.41) is 8.70. The number of thioether (sulfide) groups is 1. The molecule has 0 radical (unpaired) electrons. The van der Waals surface area contributed by atoms with Crippen molar-refractivity contribution in [1.29, 1.82) is 0 Å². The predicted octanol–water partition coefficient (Wildman–Crippen LogP) is 1.61. The highest BCUT2D eigenvalue weighted by Crippen LogP contribution is 2.27. The number of nitrogens with zero attached hydrogens (tertiary/aromatic N) is 4. The molecule has 0 N–H and O–H groups in total. The van der Waals surface area contributed by atoms with E-state index < -0.39 is 9.84 Å². The number of carbonyl (C=O) groups excluding carboxylic acids is 1. The molecule has 0 spiro atoms. The van der Waals surface area contributed by atoms with Crippen LogP contribution in [-0.2, 0) is 21.7 Å². The van der Waals surface area contributed by atoms with Gasteiger partial charge in [0, 0.05) is 25.7 Å². The van der Waals surface area contributed by atoms with Gasteiger partial charge in [-0.1, -0.05) is 42.1 Å². The molecule has 2 aromatic rings. The molecular formula is C17H22N4O3S2. The minimum absolute atomic E-state index is 0.0503. The van der Waals surface area contributed by atoms with E-state index in [0.717, 1.165) is 11.4 Å². The second-order valence-electron chi connectivity index (χ2n) is 6.50. The van der Waals surface area contributed by atoms with Gasteiger partial charge in [0.15, 0.2) is 20.8 Å². The van der Waals surface area contributed by atoms with Gasteiger partial charge in [-0.3, -0.25) is 4.79 Å². The lowest BCUT2D eigenvalue weighted by atomic mass is 10.2. The average molecular weight is 395 g/mol. The van der Waals surface area contributed by atoms with Crippen LogP contribution in [0.1, 0.15) is 13.3 Å². The molecule has 7 nitrogen and oxygen atoms in total. The van der Waals surface area contributed by atoms with E-state index in [2.05, 4.69) is 10.2 Å². The van der Waals surface area contributed by atoms with Gasteiger partial charge in [-0.15, -0.1) is 10.2 Å². The van der Waals surface area contributed by atoms with Crippen molar-refractivity contribution in [1.82, 2.24) is 19.7 Å². The molecule has 0 unspecified atom stereocenters. The fraction of sp³-hybridized carbons (Fsp3) is 0.471. The molecule has 2 heterocycles. The molecule has 1 amide bonds. The Balaban J connectivity index is 1.69. The molecule has 0 bridgehead atoms. The molecule has 1 fully saturated rings. The number of sulfone groups is 1. The van der Waals surface area contributed by atoms with E-state index in [-0.39, 0.29) is 28.7 Å². The second-order valence-corrected chi connectivity index (χ2v) is 10.0. The third kappa shape index (κ3) is 3.93. The van der Waals surface area contributed by atoms with Crippen molar-refractivity contribution in [2.75, 3.05) is 18.6 Å². The molecule has 1 saturated heterocycles. The van der Waals surface area contributed by atoms with Gasteiger partial charge in [-0.25, -0.2) is 8.42 Å². The first-order valence-electron chi connectivity index (χ1n) is 8.37. The van der Waals surface area contributed by atoms with Gasteiger partial charge in [-0.05, 0) is 13.3 Å². The highest BCUT2D eigenvalue weighted by Gasteiger charge is 2.34. The Kier molecular flexibility index (Phi) is 5.38. The third-order valence-electron chi connectivity index (χ3n) is 4.60. The van der Waals surface area contributed by atoms with Gasteiger partial charge in [-0.2, -0.15) is 0 Å². The van der Waals surface area contributed by atoms with E-state index in [4.69, 9.17) is 0 Å². The zero-order chi connectivity index (χ0) is 18.9. The Labute approximate surface area is 157 Å². The molecule has 9 heteroatoms. The normalized spacial score (nSPS) is 20.0. The highest BCUT2D eigenvalue weighted by molar-refractivity contribution is 8.00. The van der Waals surface area contributed by atoms with Crippen molar-refractivity contribution in [3.8, 4) is 11.4 Å². The maximum atomic E-state index is 12.7. The maximum Gasteiger partial charge on any atom is 0.235 e. The van der Waals surface area contributed by atoms with Gasteiger partial charge < -0.3 is 9.47 Å². The Morgan fingerprint density at radius 3 is 2.62 bits per heavy atom. The minimum Gasteiger partial charge on any atom is -0.341 e. The first-order chi connectivity index (χ1) is 12.3. The molecule has 1 aromatic carbocycles. The average Bonchev–Trinajstić information content (AvgIpc) is 3.17. The van der Waals surface area contributed by atoms with Gasteiger partial charge in [0.05, 0.1) is 16.8 Å². The molecule has 3 rings (SSSR count). The van der Waals surface area contributed by atoms with E-state index in [1.807, 2.05) is 48.9 Å². The van der Waals surface area contributed by atoms with E-state index >= 15 is 0 Å². The summed E-state index contributed by atoms with van der Waals surface area (Å²) < 4.78 is 25.2. The van der Waals surface area contributed by atoms with Crippen LogP contribution in [0, 0.1) is 0 Å². The SMILES string of the molecule is C[C@@H](Sc1nnc(-c2ccccc2)n1C)C(=O)N(C)[C@H]1CCS(=O)(=O)C1. The predicted molar refractivity (Wildman–Crippen MR) is 102 cm³/mol. The summed E-state index contributed by atoms with van der Waals surface area (Å²) >= 11 is 1.33. The zero-order valence-corrected chi connectivity index (χ0v) is 16.6. The number of rotatable bonds is 5. The van der Waals surface area contributed by atoms with Crippen molar-refractivity contribution < 1.29 is 13.2 Å². The Morgan fingerprint density at radius 2 is 2.00 bits per heavy atom. The summed E-state index contributed by atoms with van der Waals surface area (Å²) in [6, 6.07) is 9.49. The Morgan fingerprint density at radius 1 is 1.31 bits per heavy atom. The van der Waals surface area contributed by atoms with Crippen LogP contribution in [0.4, 0.5) is 0 Å². The number of hydrogen-bond acceptors (Lipinski definition) is 6. The largest absolute Gasteiger partial charge is 0.341 e. The fourth-order valence-electron chi connectivity index (χ4n) is 3.01. The third-order valence-corrected chi connectivity index (χ3v) is 7.47. The molecule has 2 atom stereocenters. The summed E-state index contributed by atoms with van der Waals surface area (Å²) in [6.07, 6.45) is 0.504. The lowest BCUT2D eigenvalue weighted by Gasteiger charge is -2.26. The van der Waals surface area contributed by atoms with E-state index in [1.54, 1.807) is 11.9 Å². The van der Waals surface area contributed by atoms with Crippen LogP contribution in [0.15, 0.2) is 35.5 Å². The van der Waals surface area contributed by atoms with E-state index in [9.17, 15) is 13.2 Å². The number of amides is 1. The summed E-state index contributed by atoms with van der Waals surface area (Å²) in [4.78, 5) is 14.3. The lowest BCUT2D eigenvalue weighted by Crippen LogP contribution is -2.41. The number of aromatic nitrogens is 3. The molecule has 0 saturated carbocycles. The van der Waals surface area contributed by atoms with Crippen LogP contribution in [0.3, 0.4) is 0 Å². The van der Waals surface area contributed by atoms with Crippen LogP contribution in [0.5, 0.6) is 0 Å². The lowest BCUT2D eigenvalue weighted by molar-refractivity contribution is -0.130. The van der Waals surface area contributed by atoms with Crippen molar-refractivity contribution in [3.63, 3.8) is 0 Å². The Bertz CT molecular complexity index is 896. The van der Waals surface area contributed by atoms with Gasteiger partial charge >= 0.3 is 0 Å². The molecule has 0 aliphatic carbocycles. The fourth-order valence-corrected chi connectivity index (χ4v) is 5.70. The van der Waals surface area contributed by atoms with E-state index in [1.165, 1.54) is 11.8 Å². The first kappa shape index (κ1) is 18.9. The molecule has 26 heavy (non-hydrogen) atoms. The zero-order valence-electron chi connectivity index (χ0n) is 15.0. The number of carbonyl (C=O) groups is 1. The summed E-state index contributed by atoms with van der Waals surface area (Å²) in [7, 11) is 0.528. The molecule has 1 aliphatic rings. The maximum absolute atomic E-state index is 12.7. The van der Waals surface area contributed by atoms with Gasteiger partial charge in [0.25, 0.3) is 0 Å².